The summed E-state index contributed by atoms with van der Waals surface area (Å²) in [6.07, 6.45) is 5.23. The zero-order chi connectivity index (χ0) is 32.0. The Balaban J connectivity index is 1.56. The van der Waals surface area contributed by atoms with Crippen molar-refractivity contribution in [2.24, 2.45) is 0 Å². The number of nitrogens with zero attached hydrogens (tertiary/aromatic N) is 3. The van der Waals surface area contributed by atoms with Gasteiger partial charge >= 0.3 is 0 Å². The van der Waals surface area contributed by atoms with Gasteiger partial charge in [0.2, 0.25) is 5.79 Å². The molecule has 1 N–H and O–H groups in total. The summed E-state index contributed by atoms with van der Waals surface area (Å²) in [5.74, 6) is -0.902. The number of nitrogens with one attached hydrogen (secondary N) is 1. The van der Waals surface area contributed by atoms with E-state index in [2.05, 4.69) is 34.5 Å². The van der Waals surface area contributed by atoms with Gasteiger partial charge in [0.05, 0.1) is 30.5 Å². The number of aromatic nitrogens is 3. The monoisotopic (exact) mass is 668 g/mol. The van der Waals surface area contributed by atoms with Crippen molar-refractivity contribution in [2.45, 2.75) is 102 Å². The first-order valence-electron chi connectivity index (χ1n) is 15.3. The van der Waals surface area contributed by atoms with Crippen LogP contribution in [0.4, 0.5) is 4.39 Å². The second-order valence-electron chi connectivity index (χ2n) is 13.4. The summed E-state index contributed by atoms with van der Waals surface area (Å²) >= 11 is 5.44. The van der Waals surface area contributed by atoms with E-state index in [1.165, 1.54) is 12.3 Å². The van der Waals surface area contributed by atoms with Crippen LogP contribution in [-0.2, 0) is 38.1 Å². The summed E-state index contributed by atoms with van der Waals surface area (Å²) in [4.78, 5) is 4.62. The molecule has 1 fully saturated rings. The average Bonchev–Trinajstić information content (AvgIpc) is 3.71. The minimum atomic E-state index is -1.40. The lowest BCUT2D eigenvalue weighted by molar-refractivity contribution is -0.175. The minimum absolute atomic E-state index is 0.151. The van der Waals surface area contributed by atoms with Crippen molar-refractivity contribution < 1.29 is 27.7 Å². The molecule has 0 aliphatic carbocycles. The van der Waals surface area contributed by atoms with E-state index in [0.29, 0.717) is 55.4 Å². The van der Waals surface area contributed by atoms with Crippen molar-refractivity contribution >= 4 is 31.0 Å². The highest BCUT2D eigenvalue weighted by Gasteiger charge is 2.40. The Hall–Kier alpha value is -1.77. The number of halogens is 2. The number of hydrogen-bond donors (Lipinski definition) is 1. The first kappa shape index (κ1) is 35.1. The Kier molecular flexibility index (Phi) is 12.1. The van der Waals surface area contributed by atoms with Gasteiger partial charge in [0.1, 0.15) is 35.1 Å². The van der Waals surface area contributed by atoms with Crippen molar-refractivity contribution in [1.29, 1.82) is 0 Å². The zero-order valence-corrected chi connectivity index (χ0v) is 29.2. The molecule has 1 aliphatic rings. The molecule has 3 heterocycles. The van der Waals surface area contributed by atoms with Gasteiger partial charge in [-0.25, -0.2) is 9.37 Å². The van der Waals surface area contributed by atoms with Crippen molar-refractivity contribution in [3.8, 4) is 11.4 Å². The SMILES string of the molecule is CC(C)(C)[S+]([O-])N[C@@H](CCCCCC1(c2ccon2)OCCO1)c1c(Cl)nc(-c2ccccc2F)n1COCC[Si](C)(C)C. The lowest BCUT2D eigenvalue weighted by atomic mass is 10.0. The molecule has 9 nitrogen and oxygen atoms in total. The molecular weight excluding hydrogens is 623 g/mol. The number of rotatable bonds is 16. The third-order valence-electron chi connectivity index (χ3n) is 7.51. The van der Waals surface area contributed by atoms with Crippen LogP contribution in [-0.4, -0.2) is 51.9 Å². The van der Waals surface area contributed by atoms with E-state index in [1.807, 2.05) is 25.3 Å². The van der Waals surface area contributed by atoms with E-state index in [1.54, 1.807) is 24.3 Å². The molecule has 4 rings (SSSR count). The van der Waals surface area contributed by atoms with Gasteiger partial charge in [-0.2, -0.15) is 0 Å². The van der Waals surface area contributed by atoms with Gasteiger partial charge in [-0.1, -0.05) is 61.4 Å². The number of imidazole rings is 1. The van der Waals surface area contributed by atoms with Crippen LogP contribution in [0.2, 0.25) is 30.8 Å². The lowest BCUT2D eigenvalue weighted by Gasteiger charge is -2.29. The van der Waals surface area contributed by atoms with Gasteiger partial charge in [-0.05, 0) is 51.8 Å². The predicted molar refractivity (Wildman–Crippen MR) is 174 cm³/mol. The van der Waals surface area contributed by atoms with Gasteiger partial charge < -0.3 is 27.9 Å². The second kappa shape index (κ2) is 15.2. The number of benzene rings is 1. The largest absolute Gasteiger partial charge is 0.598 e. The maximum absolute atomic E-state index is 15.0. The fourth-order valence-corrected chi connectivity index (χ4v) is 6.92. The fourth-order valence-electron chi connectivity index (χ4n) is 5.01. The van der Waals surface area contributed by atoms with Crippen LogP contribution in [0.25, 0.3) is 11.4 Å². The first-order valence-corrected chi connectivity index (χ1v) is 20.5. The molecule has 13 heteroatoms. The Morgan fingerprint density at radius 2 is 1.89 bits per heavy atom. The first-order chi connectivity index (χ1) is 20.8. The van der Waals surface area contributed by atoms with Crippen molar-refractivity contribution in [3.05, 3.63) is 59.0 Å². The van der Waals surface area contributed by atoms with Gasteiger partial charge in [-0.15, -0.1) is 4.72 Å². The normalized spacial score (nSPS) is 16.8. The number of unbranched alkanes of at least 4 members (excludes halogenated alkanes) is 2. The molecule has 2 aromatic heterocycles. The van der Waals surface area contributed by atoms with E-state index < -0.39 is 41.8 Å². The molecule has 44 heavy (non-hydrogen) atoms. The summed E-state index contributed by atoms with van der Waals surface area (Å²) in [7, 11) is -1.33. The molecule has 244 valence electrons. The van der Waals surface area contributed by atoms with Crippen LogP contribution in [0.15, 0.2) is 41.1 Å². The molecule has 1 aromatic carbocycles. The Bertz CT molecular complexity index is 1330. The zero-order valence-electron chi connectivity index (χ0n) is 26.7. The molecule has 0 saturated carbocycles. The summed E-state index contributed by atoms with van der Waals surface area (Å²) in [5, 5.41) is 4.29. The standard InChI is InChI=1S/C31H46ClFN4O5SSi/c1-30(2,3)43(38)36-25(14-8-7-11-16-31(40-18-19-41-31)26-15-17-42-35-26)27-28(32)34-29(23-12-9-10-13-24(23)33)37(27)22-39-20-21-44(4,5)6/h9-10,12-13,15,17,25,36H,7-8,11,14,16,18-22H2,1-6H3/t25-,43?/m0/s1. The van der Waals surface area contributed by atoms with Gasteiger partial charge in [0, 0.05) is 38.5 Å². The third-order valence-corrected chi connectivity index (χ3v) is 11.1. The van der Waals surface area contributed by atoms with Crippen molar-refractivity contribution in [3.63, 3.8) is 0 Å². The maximum Gasteiger partial charge on any atom is 0.215 e. The molecule has 1 unspecified atom stereocenters. The summed E-state index contributed by atoms with van der Waals surface area (Å²) in [6, 6.07) is 8.84. The van der Waals surface area contributed by atoms with E-state index in [-0.39, 0.29) is 11.9 Å². The van der Waals surface area contributed by atoms with Gasteiger partial charge in [-0.3, -0.25) is 0 Å². The molecule has 0 bridgehead atoms. The molecule has 2 atom stereocenters. The summed E-state index contributed by atoms with van der Waals surface area (Å²) < 4.78 is 56.2. The van der Waals surface area contributed by atoms with Crippen molar-refractivity contribution in [1.82, 2.24) is 19.4 Å². The molecule has 0 amide bonds. The number of hydrogen-bond acceptors (Lipinski definition) is 8. The molecule has 3 aromatic rings. The third kappa shape index (κ3) is 9.15. The smallest absolute Gasteiger partial charge is 0.215 e. The van der Waals surface area contributed by atoms with Crippen LogP contribution in [0, 0.1) is 5.82 Å². The average molecular weight is 669 g/mol. The highest BCUT2D eigenvalue weighted by molar-refractivity contribution is 7.90. The summed E-state index contributed by atoms with van der Waals surface area (Å²) in [5.41, 5.74) is 1.61. The van der Waals surface area contributed by atoms with E-state index in [4.69, 9.17) is 30.3 Å². The highest BCUT2D eigenvalue weighted by Crippen LogP contribution is 2.37. The molecule has 1 saturated heterocycles. The topological polar surface area (TPSA) is 107 Å². The molecular formula is C31H46ClFN4O5SSi. The molecule has 0 spiro atoms. The van der Waals surface area contributed by atoms with Crippen LogP contribution in [0.3, 0.4) is 0 Å². The van der Waals surface area contributed by atoms with Crippen LogP contribution >= 0.6 is 11.6 Å². The quantitative estimate of drug-likeness (QED) is 0.0946. The van der Waals surface area contributed by atoms with E-state index >= 15 is 4.39 Å². The van der Waals surface area contributed by atoms with Crippen LogP contribution in [0.5, 0.6) is 0 Å². The van der Waals surface area contributed by atoms with Gasteiger partial charge in [0.15, 0.2) is 5.15 Å². The molecule has 1 aliphatic heterocycles. The minimum Gasteiger partial charge on any atom is -0.598 e. The van der Waals surface area contributed by atoms with Crippen molar-refractivity contribution in [2.75, 3.05) is 19.8 Å². The molecule has 0 radical (unpaired) electrons. The summed E-state index contributed by atoms with van der Waals surface area (Å²) in [6.45, 7) is 14.4. The Morgan fingerprint density at radius 3 is 2.52 bits per heavy atom. The van der Waals surface area contributed by atoms with Gasteiger partial charge in [0.25, 0.3) is 0 Å². The van der Waals surface area contributed by atoms with Crippen LogP contribution in [0.1, 0.15) is 70.3 Å². The second-order valence-corrected chi connectivity index (χ2v) is 21.3. The predicted octanol–water partition coefficient (Wildman–Crippen LogP) is 7.59. The fraction of sp³-hybridized carbons (Fsp3) is 0.613. The Labute approximate surface area is 269 Å². The Morgan fingerprint density at radius 1 is 1.16 bits per heavy atom. The number of ether oxygens (including phenoxy) is 3. The lowest BCUT2D eigenvalue weighted by Crippen LogP contribution is -2.42. The maximum atomic E-state index is 15.0. The van der Waals surface area contributed by atoms with E-state index in [0.717, 1.165) is 25.3 Å². The van der Waals surface area contributed by atoms with E-state index in [9.17, 15) is 4.55 Å². The highest BCUT2D eigenvalue weighted by atomic mass is 35.5. The van der Waals surface area contributed by atoms with Crippen LogP contribution < -0.4 is 4.72 Å².